The molecule has 1 fully saturated rings. The van der Waals surface area contributed by atoms with E-state index in [4.69, 9.17) is 4.74 Å². The molecule has 2 amide bonds. The second-order valence-corrected chi connectivity index (χ2v) is 4.99. The fourth-order valence-corrected chi connectivity index (χ4v) is 2.03. The van der Waals surface area contributed by atoms with Crippen molar-refractivity contribution < 1.29 is 14.6 Å². The predicted octanol–water partition coefficient (Wildman–Crippen LogP) is 1.07. The summed E-state index contributed by atoms with van der Waals surface area (Å²) in [6, 6.07) is 6.31. The molecule has 1 aromatic rings. The van der Waals surface area contributed by atoms with Crippen LogP contribution in [0.3, 0.4) is 0 Å². The Morgan fingerprint density at radius 1 is 1.25 bits per heavy atom. The molecule has 1 aromatic carbocycles. The molecule has 1 aliphatic rings. The Morgan fingerprint density at radius 3 is 2.45 bits per heavy atom. The molecule has 2 N–H and O–H groups in total. The first-order chi connectivity index (χ1) is 9.54. The largest absolute Gasteiger partial charge is 0.508 e. The van der Waals surface area contributed by atoms with E-state index in [0.29, 0.717) is 5.75 Å². The molecule has 2 rings (SSSR count). The molecule has 0 radical (unpaired) electrons. The Labute approximate surface area is 118 Å². The highest BCUT2D eigenvalue weighted by atomic mass is 16.5. The summed E-state index contributed by atoms with van der Waals surface area (Å²) in [4.78, 5) is 16.0. The second kappa shape index (κ2) is 6.47. The Hall–Kier alpha value is -1.95. The summed E-state index contributed by atoms with van der Waals surface area (Å²) >= 11 is 0. The molecular formula is C14H21N3O3. The summed E-state index contributed by atoms with van der Waals surface area (Å²) < 4.78 is 5.57. The van der Waals surface area contributed by atoms with E-state index in [1.807, 2.05) is 7.05 Å². The normalized spacial score (nSPS) is 17.6. The number of phenols is 1. The fraction of sp³-hybridized carbons (Fsp3) is 0.500. The molecule has 1 aliphatic heterocycles. The van der Waals surface area contributed by atoms with Crippen molar-refractivity contribution >= 4 is 6.03 Å². The number of hydrogen-bond donors (Lipinski definition) is 2. The van der Waals surface area contributed by atoms with E-state index >= 15 is 0 Å². The van der Waals surface area contributed by atoms with Crippen LogP contribution in [-0.4, -0.2) is 60.4 Å². The van der Waals surface area contributed by atoms with Gasteiger partial charge in [0.05, 0.1) is 0 Å². The highest BCUT2D eigenvalue weighted by Crippen LogP contribution is 2.16. The molecule has 1 unspecified atom stereocenters. The number of piperazine rings is 1. The smallest absolute Gasteiger partial charge is 0.320 e. The van der Waals surface area contributed by atoms with E-state index in [1.165, 1.54) is 0 Å². The minimum absolute atomic E-state index is 0.107. The van der Waals surface area contributed by atoms with Crippen molar-refractivity contribution in [2.24, 2.45) is 0 Å². The van der Waals surface area contributed by atoms with E-state index in [9.17, 15) is 9.90 Å². The number of hydrogen-bond acceptors (Lipinski definition) is 4. The van der Waals surface area contributed by atoms with E-state index in [0.717, 1.165) is 26.2 Å². The third kappa shape index (κ3) is 4.03. The maximum atomic E-state index is 12.0. The van der Waals surface area contributed by atoms with Crippen LogP contribution in [0.2, 0.25) is 0 Å². The Kier molecular flexibility index (Phi) is 4.68. The average molecular weight is 279 g/mol. The van der Waals surface area contributed by atoms with Crippen LogP contribution in [0.15, 0.2) is 24.3 Å². The van der Waals surface area contributed by atoms with Crippen LogP contribution in [0.1, 0.15) is 6.92 Å². The minimum atomic E-state index is -0.424. The van der Waals surface area contributed by atoms with Crippen LogP contribution in [0.4, 0.5) is 4.79 Å². The number of amides is 2. The number of nitrogens with zero attached hydrogens (tertiary/aromatic N) is 2. The summed E-state index contributed by atoms with van der Waals surface area (Å²) in [5.74, 6) is 0.792. The van der Waals surface area contributed by atoms with Gasteiger partial charge in [-0.05, 0) is 38.2 Å². The highest BCUT2D eigenvalue weighted by molar-refractivity contribution is 5.74. The first-order valence-corrected chi connectivity index (χ1v) is 6.74. The van der Waals surface area contributed by atoms with Crippen LogP contribution >= 0.6 is 0 Å². The molecule has 0 spiro atoms. The monoisotopic (exact) mass is 279 g/mol. The quantitative estimate of drug-likeness (QED) is 0.813. The van der Waals surface area contributed by atoms with Gasteiger partial charge in [-0.15, -0.1) is 0 Å². The van der Waals surface area contributed by atoms with Crippen molar-refractivity contribution in [3.05, 3.63) is 24.3 Å². The maximum absolute atomic E-state index is 12.0. The van der Waals surface area contributed by atoms with Crippen LogP contribution in [0, 0.1) is 0 Å². The van der Waals surface area contributed by atoms with Crippen LogP contribution in [-0.2, 0) is 0 Å². The number of carbonyl (C=O) groups excluding carboxylic acids is 1. The average Bonchev–Trinajstić information content (AvgIpc) is 2.42. The Bertz CT molecular complexity index is 441. The molecule has 110 valence electrons. The molecule has 20 heavy (non-hydrogen) atoms. The summed E-state index contributed by atoms with van der Waals surface area (Å²) in [6.07, 6.45) is -0.424. The number of carbonyl (C=O) groups is 1. The summed E-state index contributed by atoms with van der Waals surface area (Å²) in [5, 5.41) is 12.0. The number of benzene rings is 1. The van der Waals surface area contributed by atoms with Gasteiger partial charge in [0.2, 0.25) is 0 Å². The number of ether oxygens (including phenoxy) is 1. The predicted molar refractivity (Wildman–Crippen MR) is 75.8 cm³/mol. The number of phenolic OH excluding ortho intramolecular Hbond substituents is 1. The van der Waals surface area contributed by atoms with Gasteiger partial charge in [0, 0.05) is 26.2 Å². The summed E-state index contributed by atoms with van der Waals surface area (Å²) in [6.45, 7) is 5.02. The summed E-state index contributed by atoms with van der Waals surface area (Å²) in [7, 11) is 2.05. The number of likely N-dealkylation sites (N-methyl/N-ethyl adjacent to an activating group) is 1. The van der Waals surface area contributed by atoms with Gasteiger partial charge in [-0.3, -0.25) is 0 Å². The molecule has 0 bridgehead atoms. The lowest BCUT2D eigenvalue weighted by Crippen LogP contribution is -2.53. The first-order valence-electron chi connectivity index (χ1n) is 6.74. The lowest BCUT2D eigenvalue weighted by atomic mass is 10.3. The molecule has 1 heterocycles. The molecule has 0 aliphatic carbocycles. The van der Waals surface area contributed by atoms with E-state index in [1.54, 1.807) is 36.1 Å². The van der Waals surface area contributed by atoms with Gasteiger partial charge < -0.3 is 25.0 Å². The van der Waals surface area contributed by atoms with Gasteiger partial charge in [-0.2, -0.15) is 0 Å². The van der Waals surface area contributed by atoms with Crippen molar-refractivity contribution in [1.82, 2.24) is 15.1 Å². The minimum Gasteiger partial charge on any atom is -0.508 e. The molecule has 6 nitrogen and oxygen atoms in total. The lowest BCUT2D eigenvalue weighted by molar-refractivity contribution is 0.130. The third-order valence-corrected chi connectivity index (χ3v) is 3.27. The van der Waals surface area contributed by atoms with Crippen molar-refractivity contribution in [3.63, 3.8) is 0 Å². The third-order valence-electron chi connectivity index (χ3n) is 3.27. The first kappa shape index (κ1) is 14.5. The molecule has 6 heteroatoms. The topological polar surface area (TPSA) is 65.0 Å². The zero-order chi connectivity index (χ0) is 14.5. The molecule has 0 saturated carbocycles. The molecular weight excluding hydrogens is 258 g/mol. The van der Waals surface area contributed by atoms with Gasteiger partial charge in [0.15, 0.2) is 6.23 Å². The van der Waals surface area contributed by atoms with Crippen molar-refractivity contribution in [3.8, 4) is 11.5 Å². The zero-order valence-corrected chi connectivity index (χ0v) is 11.9. The SMILES string of the molecule is CC(NC(=O)N1CCN(C)CC1)Oc1ccc(O)cc1. The van der Waals surface area contributed by atoms with Gasteiger partial charge in [-0.25, -0.2) is 4.79 Å². The summed E-state index contributed by atoms with van der Waals surface area (Å²) in [5.41, 5.74) is 0. The van der Waals surface area contributed by atoms with Crippen molar-refractivity contribution in [2.75, 3.05) is 33.2 Å². The number of urea groups is 1. The van der Waals surface area contributed by atoms with Gasteiger partial charge in [0.1, 0.15) is 11.5 Å². The van der Waals surface area contributed by atoms with E-state index in [-0.39, 0.29) is 11.8 Å². The van der Waals surface area contributed by atoms with E-state index < -0.39 is 6.23 Å². The zero-order valence-electron chi connectivity index (χ0n) is 11.9. The van der Waals surface area contributed by atoms with Gasteiger partial charge >= 0.3 is 6.03 Å². The van der Waals surface area contributed by atoms with Crippen LogP contribution < -0.4 is 10.1 Å². The fourth-order valence-electron chi connectivity index (χ4n) is 2.03. The van der Waals surface area contributed by atoms with Crippen molar-refractivity contribution in [1.29, 1.82) is 0 Å². The number of nitrogens with one attached hydrogen (secondary N) is 1. The van der Waals surface area contributed by atoms with E-state index in [2.05, 4.69) is 10.2 Å². The molecule has 1 atom stereocenters. The van der Waals surface area contributed by atoms with Crippen LogP contribution in [0.25, 0.3) is 0 Å². The van der Waals surface area contributed by atoms with Gasteiger partial charge in [-0.1, -0.05) is 0 Å². The molecule has 1 saturated heterocycles. The van der Waals surface area contributed by atoms with Crippen LogP contribution in [0.5, 0.6) is 11.5 Å². The number of rotatable bonds is 3. The Morgan fingerprint density at radius 2 is 1.85 bits per heavy atom. The van der Waals surface area contributed by atoms with Crippen molar-refractivity contribution in [2.45, 2.75) is 13.2 Å². The standard InChI is InChI=1S/C14H21N3O3/c1-11(20-13-5-3-12(18)4-6-13)15-14(19)17-9-7-16(2)8-10-17/h3-6,11,18H,7-10H2,1-2H3,(H,15,19). The Balaban J connectivity index is 1.80. The number of aromatic hydroxyl groups is 1. The van der Waals surface area contributed by atoms with Gasteiger partial charge in [0.25, 0.3) is 0 Å². The lowest BCUT2D eigenvalue weighted by Gasteiger charge is -2.33. The highest BCUT2D eigenvalue weighted by Gasteiger charge is 2.20. The maximum Gasteiger partial charge on any atom is 0.320 e. The second-order valence-electron chi connectivity index (χ2n) is 4.99. The molecule has 0 aromatic heterocycles.